The molecule has 7 heteroatoms. The number of carbonyl (C=O) groups is 1. The van der Waals surface area contributed by atoms with Crippen molar-refractivity contribution >= 4 is 34.4 Å². The minimum atomic E-state index is 0.308. The molecule has 4 rings (SSSR count). The maximum atomic E-state index is 11.7. The lowest BCUT2D eigenvalue weighted by Crippen LogP contribution is -2.37. The first-order chi connectivity index (χ1) is 14.2. The average Bonchev–Trinajstić information content (AvgIpc) is 3.17. The maximum Gasteiger partial charge on any atom is 0.222 e. The molecule has 0 spiro atoms. The van der Waals surface area contributed by atoms with E-state index in [2.05, 4.69) is 40.7 Å². The van der Waals surface area contributed by atoms with E-state index in [-0.39, 0.29) is 0 Å². The highest BCUT2D eigenvalue weighted by atomic mass is 32.2. The normalized spacial score (nSPS) is 17.5. The lowest BCUT2D eigenvalue weighted by molar-refractivity contribution is -0.127. The molecule has 2 fully saturated rings. The molecule has 1 aromatic heterocycles. The number of hydrogen-bond donors (Lipinski definition) is 1. The number of carbonyl (C=O) groups excluding carboxylic acids is 1. The van der Waals surface area contributed by atoms with E-state index >= 15 is 0 Å². The SMILES string of the molecule is CSc1ccc2cc(CNCCCN3CCCC3=O)c(N3CCOCC3)nc2c1. The van der Waals surface area contributed by atoms with E-state index in [1.54, 1.807) is 11.8 Å². The van der Waals surface area contributed by atoms with Crippen LogP contribution in [0.25, 0.3) is 10.9 Å². The molecule has 0 aliphatic carbocycles. The second-order valence-electron chi connectivity index (χ2n) is 7.64. The van der Waals surface area contributed by atoms with Crippen molar-refractivity contribution in [3.8, 4) is 0 Å². The number of pyridine rings is 1. The molecule has 156 valence electrons. The van der Waals surface area contributed by atoms with Gasteiger partial charge in [-0.25, -0.2) is 4.98 Å². The van der Waals surface area contributed by atoms with Gasteiger partial charge in [0.25, 0.3) is 0 Å². The zero-order valence-corrected chi connectivity index (χ0v) is 18.0. The Bertz CT molecular complexity index is 854. The Morgan fingerprint density at radius 1 is 1.21 bits per heavy atom. The smallest absolute Gasteiger partial charge is 0.222 e. The lowest BCUT2D eigenvalue weighted by Gasteiger charge is -2.30. The van der Waals surface area contributed by atoms with Gasteiger partial charge in [0, 0.05) is 55.0 Å². The van der Waals surface area contributed by atoms with Crippen LogP contribution in [0, 0.1) is 0 Å². The first-order valence-corrected chi connectivity index (χ1v) is 11.8. The highest BCUT2D eigenvalue weighted by molar-refractivity contribution is 7.98. The van der Waals surface area contributed by atoms with Crippen LogP contribution in [0.2, 0.25) is 0 Å². The quantitative estimate of drug-likeness (QED) is 0.530. The molecule has 3 heterocycles. The number of benzene rings is 1. The van der Waals surface area contributed by atoms with Gasteiger partial charge < -0.3 is 19.9 Å². The Kier molecular flexibility index (Phi) is 6.90. The van der Waals surface area contributed by atoms with Crippen LogP contribution in [0.3, 0.4) is 0 Å². The van der Waals surface area contributed by atoms with Crippen LogP contribution in [0.5, 0.6) is 0 Å². The lowest BCUT2D eigenvalue weighted by atomic mass is 10.1. The van der Waals surface area contributed by atoms with Gasteiger partial charge in [-0.3, -0.25) is 4.79 Å². The maximum absolute atomic E-state index is 11.7. The summed E-state index contributed by atoms with van der Waals surface area (Å²) in [6, 6.07) is 8.77. The van der Waals surface area contributed by atoms with Crippen LogP contribution in [0.4, 0.5) is 5.82 Å². The van der Waals surface area contributed by atoms with Crippen molar-refractivity contribution in [3.05, 3.63) is 29.8 Å². The molecule has 2 saturated heterocycles. The minimum Gasteiger partial charge on any atom is -0.378 e. The first kappa shape index (κ1) is 20.4. The number of likely N-dealkylation sites (tertiary alicyclic amines) is 1. The van der Waals surface area contributed by atoms with E-state index in [1.165, 1.54) is 15.8 Å². The number of anilines is 1. The zero-order chi connectivity index (χ0) is 20.1. The molecular weight excluding hydrogens is 384 g/mol. The van der Waals surface area contributed by atoms with Crippen molar-refractivity contribution in [1.29, 1.82) is 0 Å². The van der Waals surface area contributed by atoms with E-state index in [0.717, 1.165) is 83.1 Å². The Morgan fingerprint density at radius 3 is 2.83 bits per heavy atom. The van der Waals surface area contributed by atoms with Gasteiger partial charge in [0.15, 0.2) is 0 Å². The summed E-state index contributed by atoms with van der Waals surface area (Å²) in [7, 11) is 0. The number of hydrogen-bond acceptors (Lipinski definition) is 6. The first-order valence-electron chi connectivity index (χ1n) is 10.5. The highest BCUT2D eigenvalue weighted by Gasteiger charge is 2.19. The summed E-state index contributed by atoms with van der Waals surface area (Å²) in [5.74, 6) is 1.38. The van der Waals surface area contributed by atoms with E-state index in [4.69, 9.17) is 9.72 Å². The summed E-state index contributed by atoms with van der Waals surface area (Å²) >= 11 is 1.75. The number of nitrogens with zero attached hydrogens (tertiary/aromatic N) is 3. The van der Waals surface area contributed by atoms with Crippen LogP contribution >= 0.6 is 11.8 Å². The Hall–Kier alpha value is -1.83. The molecule has 0 saturated carbocycles. The van der Waals surface area contributed by atoms with Gasteiger partial charge in [-0.05, 0) is 43.8 Å². The fraction of sp³-hybridized carbons (Fsp3) is 0.545. The summed E-state index contributed by atoms with van der Waals surface area (Å²) in [4.78, 5) is 22.3. The number of ether oxygens (including phenoxy) is 1. The summed E-state index contributed by atoms with van der Waals surface area (Å²) in [5, 5.41) is 4.75. The second kappa shape index (κ2) is 9.78. The molecule has 1 N–H and O–H groups in total. The van der Waals surface area contributed by atoms with Gasteiger partial charge in [-0.2, -0.15) is 0 Å². The van der Waals surface area contributed by atoms with Gasteiger partial charge in [0.05, 0.1) is 18.7 Å². The van der Waals surface area contributed by atoms with Crippen LogP contribution in [0.15, 0.2) is 29.2 Å². The molecule has 29 heavy (non-hydrogen) atoms. The molecule has 2 aliphatic heterocycles. The van der Waals surface area contributed by atoms with E-state index in [0.29, 0.717) is 5.91 Å². The summed E-state index contributed by atoms with van der Waals surface area (Å²) < 4.78 is 5.53. The van der Waals surface area contributed by atoms with Crippen molar-refractivity contribution in [2.24, 2.45) is 0 Å². The number of aromatic nitrogens is 1. The molecule has 6 nitrogen and oxygen atoms in total. The fourth-order valence-corrected chi connectivity index (χ4v) is 4.48. The number of morpholine rings is 1. The Labute approximate surface area is 177 Å². The molecule has 0 bridgehead atoms. The molecular formula is C22H30N4O2S. The molecule has 2 aliphatic rings. The van der Waals surface area contributed by atoms with Gasteiger partial charge in [-0.1, -0.05) is 6.07 Å². The summed E-state index contributed by atoms with van der Waals surface area (Å²) in [6.07, 6.45) is 4.81. The van der Waals surface area contributed by atoms with Gasteiger partial charge >= 0.3 is 0 Å². The number of rotatable bonds is 8. The van der Waals surface area contributed by atoms with Gasteiger partial charge in [0.1, 0.15) is 5.82 Å². The molecule has 0 atom stereocenters. The molecule has 2 aromatic rings. The second-order valence-corrected chi connectivity index (χ2v) is 8.52. The molecule has 0 unspecified atom stereocenters. The standard InChI is InChI=1S/C22H30N4O2S/c1-29-19-6-5-17-14-18(16-23-7-3-9-25-8-2-4-21(25)27)22(24-20(17)15-19)26-10-12-28-13-11-26/h5-6,14-15,23H,2-4,7-13,16H2,1H3. The van der Waals surface area contributed by atoms with E-state index < -0.39 is 0 Å². The van der Waals surface area contributed by atoms with Crippen molar-refractivity contribution in [2.75, 3.05) is 57.1 Å². The largest absolute Gasteiger partial charge is 0.378 e. The Balaban J connectivity index is 1.44. The average molecular weight is 415 g/mol. The van der Waals surface area contributed by atoms with Crippen LogP contribution in [0.1, 0.15) is 24.8 Å². The van der Waals surface area contributed by atoms with Gasteiger partial charge in [0.2, 0.25) is 5.91 Å². The predicted octanol–water partition coefficient (Wildman–Crippen LogP) is 2.90. The predicted molar refractivity (Wildman–Crippen MR) is 119 cm³/mol. The van der Waals surface area contributed by atoms with Gasteiger partial charge in [-0.15, -0.1) is 11.8 Å². The van der Waals surface area contributed by atoms with Crippen LogP contribution in [-0.2, 0) is 16.1 Å². The van der Waals surface area contributed by atoms with E-state index in [1.807, 2.05) is 4.90 Å². The minimum absolute atomic E-state index is 0.308. The topological polar surface area (TPSA) is 57.7 Å². The number of fused-ring (bicyclic) bond motifs is 1. The Morgan fingerprint density at radius 2 is 2.07 bits per heavy atom. The van der Waals surface area contributed by atoms with Crippen molar-refractivity contribution < 1.29 is 9.53 Å². The molecule has 1 aromatic carbocycles. The third kappa shape index (κ3) is 5.02. The number of nitrogens with one attached hydrogen (secondary N) is 1. The monoisotopic (exact) mass is 414 g/mol. The third-order valence-corrected chi connectivity index (χ3v) is 6.39. The number of thioether (sulfide) groups is 1. The fourth-order valence-electron chi connectivity index (χ4n) is 4.04. The molecule has 0 radical (unpaired) electrons. The summed E-state index contributed by atoms with van der Waals surface area (Å²) in [6.45, 7) is 6.73. The van der Waals surface area contributed by atoms with Crippen molar-refractivity contribution in [3.63, 3.8) is 0 Å². The van der Waals surface area contributed by atoms with E-state index in [9.17, 15) is 4.79 Å². The van der Waals surface area contributed by atoms with Crippen molar-refractivity contribution in [2.45, 2.75) is 30.7 Å². The highest BCUT2D eigenvalue weighted by Crippen LogP contribution is 2.27. The van der Waals surface area contributed by atoms with Crippen LogP contribution in [-0.4, -0.2) is 68.0 Å². The molecule has 1 amide bonds. The zero-order valence-electron chi connectivity index (χ0n) is 17.2. The third-order valence-electron chi connectivity index (χ3n) is 5.66. The summed E-state index contributed by atoms with van der Waals surface area (Å²) in [5.41, 5.74) is 2.28. The van der Waals surface area contributed by atoms with Crippen molar-refractivity contribution in [1.82, 2.24) is 15.2 Å². The van der Waals surface area contributed by atoms with Crippen LogP contribution < -0.4 is 10.2 Å². The number of amides is 1.